The van der Waals surface area contributed by atoms with E-state index in [1.165, 1.54) is 11.4 Å². The first kappa shape index (κ1) is 31.0. The van der Waals surface area contributed by atoms with E-state index >= 15 is 0 Å². The SMILES string of the molecule is CC[C@@H](C(=O)NC1CCCC1)N(Cc1ccc(Cl)c(Cl)c1)C(=O)CCCN(c1ccccc1OC)S(C)(=O)=O. The number of ether oxygens (including phenoxy) is 1. The number of rotatable bonds is 13. The second-order valence-corrected chi connectivity index (χ2v) is 12.5. The van der Waals surface area contributed by atoms with Crippen LogP contribution in [0.1, 0.15) is 57.4 Å². The van der Waals surface area contributed by atoms with E-state index in [1.807, 2.05) is 6.92 Å². The maximum absolute atomic E-state index is 13.6. The predicted octanol–water partition coefficient (Wildman–Crippen LogP) is 5.41. The molecule has 0 radical (unpaired) electrons. The molecule has 1 aliphatic rings. The number of halogens is 2. The van der Waals surface area contributed by atoms with Gasteiger partial charge in [0.05, 0.1) is 29.1 Å². The molecule has 2 aromatic rings. The van der Waals surface area contributed by atoms with Gasteiger partial charge in [0.1, 0.15) is 11.8 Å². The smallest absolute Gasteiger partial charge is 0.243 e. The number of nitrogens with one attached hydrogen (secondary N) is 1. The topological polar surface area (TPSA) is 96.0 Å². The second kappa shape index (κ2) is 14.2. The van der Waals surface area contributed by atoms with E-state index in [-0.39, 0.29) is 43.8 Å². The summed E-state index contributed by atoms with van der Waals surface area (Å²) in [5, 5.41) is 3.89. The van der Waals surface area contributed by atoms with Crippen molar-refractivity contribution >= 4 is 50.7 Å². The molecule has 1 aliphatic carbocycles. The Morgan fingerprint density at radius 2 is 1.79 bits per heavy atom. The number of hydrogen-bond acceptors (Lipinski definition) is 5. The maximum Gasteiger partial charge on any atom is 0.243 e. The molecule has 0 heterocycles. The molecule has 0 bridgehead atoms. The number of amides is 2. The van der Waals surface area contributed by atoms with Crippen molar-refractivity contribution in [1.29, 1.82) is 0 Å². The monoisotopic (exact) mass is 597 g/mol. The van der Waals surface area contributed by atoms with Crippen molar-refractivity contribution in [3.63, 3.8) is 0 Å². The lowest BCUT2D eigenvalue weighted by Gasteiger charge is -2.32. The summed E-state index contributed by atoms with van der Waals surface area (Å²) in [6.45, 7) is 2.13. The third-order valence-corrected chi connectivity index (χ3v) is 8.85. The van der Waals surface area contributed by atoms with Gasteiger partial charge in [0.15, 0.2) is 0 Å². The van der Waals surface area contributed by atoms with Gasteiger partial charge < -0.3 is 15.0 Å². The van der Waals surface area contributed by atoms with Gasteiger partial charge in [-0.3, -0.25) is 13.9 Å². The fourth-order valence-electron chi connectivity index (χ4n) is 4.94. The molecule has 1 fully saturated rings. The van der Waals surface area contributed by atoms with E-state index in [2.05, 4.69) is 5.32 Å². The van der Waals surface area contributed by atoms with Gasteiger partial charge in [-0.05, 0) is 55.5 Å². The van der Waals surface area contributed by atoms with Crippen molar-refractivity contribution in [2.45, 2.75) is 70.5 Å². The Balaban J connectivity index is 1.79. The lowest BCUT2D eigenvalue weighted by atomic mass is 10.1. The van der Waals surface area contributed by atoms with Crippen LogP contribution in [0.15, 0.2) is 42.5 Å². The number of carbonyl (C=O) groups is 2. The standard InChI is InChI=1S/C28H37Cl2N3O5S/c1-4-24(28(35)31-21-10-5-6-11-21)32(19-20-15-16-22(29)23(30)18-20)27(34)14-9-17-33(39(3,36)37)25-12-7-8-13-26(25)38-2/h7-8,12-13,15-16,18,21,24H,4-6,9-11,14,17,19H2,1-3H3,(H,31,35)/t24-/m0/s1. The molecule has 1 saturated carbocycles. The van der Waals surface area contributed by atoms with Crippen LogP contribution in [0.2, 0.25) is 10.0 Å². The summed E-state index contributed by atoms with van der Waals surface area (Å²) in [6, 6.07) is 11.4. The number of methoxy groups -OCH3 is 1. The largest absolute Gasteiger partial charge is 0.495 e. The Kier molecular flexibility index (Phi) is 11.3. The molecule has 11 heteroatoms. The van der Waals surface area contributed by atoms with Crippen molar-refractivity contribution < 1.29 is 22.7 Å². The zero-order valence-electron chi connectivity index (χ0n) is 22.7. The van der Waals surface area contributed by atoms with Crippen LogP contribution < -0.4 is 14.4 Å². The number of para-hydroxylation sites is 2. The first-order valence-electron chi connectivity index (χ1n) is 13.2. The van der Waals surface area contributed by atoms with Crippen molar-refractivity contribution in [3.8, 4) is 5.75 Å². The van der Waals surface area contributed by atoms with E-state index in [1.54, 1.807) is 47.4 Å². The molecule has 0 aromatic heterocycles. The molecule has 8 nitrogen and oxygen atoms in total. The van der Waals surface area contributed by atoms with Crippen molar-refractivity contribution in [2.75, 3.05) is 24.2 Å². The van der Waals surface area contributed by atoms with E-state index < -0.39 is 16.1 Å². The minimum absolute atomic E-state index is 0.0513. The Morgan fingerprint density at radius 1 is 1.10 bits per heavy atom. The number of sulfonamides is 1. The van der Waals surface area contributed by atoms with Crippen LogP contribution in [0.3, 0.4) is 0 Å². The average molecular weight is 599 g/mol. The lowest BCUT2D eigenvalue weighted by Crippen LogP contribution is -2.51. The van der Waals surface area contributed by atoms with Gasteiger partial charge >= 0.3 is 0 Å². The Labute approximate surface area is 241 Å². The van der Waals surface area contributed by atoms with E-state index in [9.17, 15) is 18.0 Å². The minimum atomic E-state index is -3.64. The van der Waals surface area contributed by atoms with Gasteiger partial charge in [-0.15, -0.1) is 0 Å². The summed E-state index contributed by atoms with van der Waals surface area (Å²) in [7, 11) is -2.16. The molecule has 1 atom stereocenters. The Bertz CT molecular complexity index is 1250. The summed E-state index contributed by atoms with van der Waals surface area (Å²) in [5.74, 6) is -0.00214. The number of nitrogens with zero attached hydrogens (tertiary/aromatic N) is 2. The van der Waals surface area contributed by atoms with E-state index in [0.717, 1.165) is 37.5 Å². The molecule has 0 saturated heterocycles. The zero-order chi connectivity index (χ0) is 28.6. The Hall–Kier alpha value is -2.49. The highest BCUT2D eigenvalue weighted by molar-refractivity contribution is 7.92. The van der Waals surface area contributed by atoms with E-state index in [4.69, 9.17) is 27.9 Å². The molecular weight excluding hydrogens is 561 g/mol. The zero-order valence-corrected chi connectivity index (χ0v) is 25.0. The molecule has 3 rings (SSSR count). The number of benzene rings is 2. The predicted molar refractivity (Wildman–Crippen MR) is 156 cm³/mol. The van der Waals surface area contributed by atoms with Crippen LogP contribution in [0, 0.1) is 0 Å². The van der Waals surface area contributed by atoms with Crippen LogP contribution in [0.4, 0.5) is 5.69 Å². The van der Waals surface area contributed by atoms with Gasteiger partial charge in [-0.2, -0.15) is 0 Å². The first-order valence-corrected chi connectivity index (χ1v) is 15.8. The van der Waals surface area contributed by atoms with Crippen LogP contribution in [0.5, 0.6) is 5.75 Å². The summed E-state index contributed by atoms with van der Waals surface area (Å²) < 4.78 is 31.8. The highest BCUT2D eigenvalue weighted by atomic mass is 35.5. The molecule has 2 amide bonds. The molecule has 1 N–H and O–H groups in total. The fourth-order valence-corrected chi connectivity index (χ4v) is 6.23. The second-order valence-electron chi connectivity index (χ2n) is 9.79. The third kappa shape index (κ3) is 8.50. The molecular formula is C28H37Cl2N3O5S. The molecule has 0 unspecified atom stereocenters. The molecule has 214 valence electrons. The lowest BCUT2D eigenvalue weighted by molar-refractivity contribution is -0.141. The van der Waals surface area contributed by atoms with Crippen LogP contribution in [-0.2, 0) is 26.2 Å². The Morgan fingerprint density at radius 3 is 2.41 bits per heavy atom. The van der Waals surface area contributed by atoms with Crippen molar-refractivity contribution in [3.05, 3.63) is 58.1 Å². The van der Waals surface area contributed by atoms with Gasteiger partial charge in [-0.25, -0.2) is 8.42 Å². The van der Waals surface area contributed by atoms with Crippen molar-refractivity contribution in [2.24, 2.45) is 0 Å². The molecule has 0 spiro atoms. The highest BCUT2D eigenvalue weighted by Gasteiger charge is 2.31. The van der Waals surface area contributed by atoms with Crippen LogP contribution in [0.25, 0.3) is 0 Å². The summed E-state index contributed by atoms with van der Waals surface area (Å²) >= 11 is 12.3. The maximum atomic E-state index is 13.6. The molecule has 2 aromatic carbocycles. The third-order valence-electron chi connectivity index (χ3n) is 6.93. The van der Waals surface area contributed by atoms with Gasteiger partial charge in [0, 0.05) is 25.6 Å². The first-order chi connectivity index (χ1) is 18.5. The highest BCUT2D eigenvalue weighted by Crippen LogP contribution is 2.30. The van der Waals surface area contributed by atoms with Gasteiger partial charge in [0.2, 0.25) is 21.8 Å². The van der Waals surface area contributed by atoms with Crippen LogP contribution in [-0.4, -0.2) is 57.1 Å². The molecule has 0 aliphatic heterocycles. The summed E-state index contributed by atoms with van der Waals surface area (Å²) in [5.41, 5.74) is 1.15. The summed E-state index contributed by atoms with van der Waals surface area (Å²) in [6.07, 6.45) is 5.90. The minimum Gasteiger partial charge on any atom is -0.495 e. The average Bonchev–Trinajstić information content (AvgIpc) is 3.40. The number of anilines is 1. The van der Waals surface area contributed by atoms with Gasteiger partial charge in [-0.1, -0.05) is 61.2 Å². The van der Waals surface area contributed by atoms with Crippen molar-refractivity contribution in [1.82, 2.24) is 10.2 Å². The summed E-state index contributed by atoms with van der Waals surface area (Å²) in [4.78, 5) is 28.5. The fraction of sp³-hybridized carbons (Fsp3) is 0.500. The van der Waals surface area contributed by atoms with Gasteiger partial charge in [0.25, 0.3) is 0 Å². The van der Waals surface area contributed by atoms with E-state index in [0.29, 0.717) is 27.9 Å². The van der Waals surface area contributed by atoms with Crippen LogP contribution >= 0.6 is 23.2 Å². The number of carbonyl (C=O) groups excluding carboxylic acids is 2. The molecule has 39 heavy (non-hydrogen) atoms. The quantitative estimate of drug-likeness (QED) is 0.333. The number of hydrogen-bond donors (Lipinski definition) is 1. The normalized spacial score (nSPS) is 14.6.